The summed E-state index contributed by atoms with van der Waals surface area (Å²) in [5.41, 5.74) is 8.71. The Morgan fingerprint density at radius 3 is 3.13 bits per heavy atom. The van der Waals surface area contributed by atoms with E-state index in [1.807, 2.05) is 19.2 Å². The molecule has 0 amide bonds. The minimum absolute atomic E-state index is 0.0474. The van der Waals surface area contributed by atoms with Crippen LogP contribution in [0.15, 0.2) is 18.3 Å². The van der Waals surface area contributed by atoms with Gasteiger partial charge in [0.25, 0.3) is 0 Å². The van der Waals surface area contributed by atoms with Crippen molar-refractivity contribution in [3.63, 3.8) is 0 Å². The second kappa shape index (κ2) is 4.29. The molecule has 15 heavy (non-hydrogen) atoms. The molecular formula is C12H18N2O. The molecule has 0 spiro atoms. The number of fused-ring (bicyclic) bond motifs is 1. The van der Waals surface area contributed by atoms with Crippen LogP contribution in [0.1, 0.15) is 30.5 Å². The highest BCUT2D eigenvalue weighted by Gasteiger charge is 2.31. The van der Waals surface area contributed by atoms with Crippen LogP contribution in [0.25, 0.3) is 0 Å². The summed E-state index contributed by atoms with van der Waals surface area (Å²) in [6.07, 6.45) is 4.13. The van der Waals surface area contributed by atoms with Crippen LogP contribution >= 0.6 is 0 Å². The summed E-state index contributed by atoms with van der Waals surface area (Å²) in [5, 5.41) is 0. The van der Waals surface area contributed by atoms with Gasteiger partial charge in [0.2, 0.25) is 0 Å². The number of aryl methyl sites for hydroxylation is 1. The molecule has 2 N–H and O–H groups in total. The van der Waals surface area contributed by atoms with E-state index >= 15 is 0 Å². The number of pyridine rings is 1. The predicted molar refractivity (Wildman–Crippen MR) is 59.7 cm³/mol. The van der Waals surface area contributed by atoms with Gasteiger partial charge in [-0.2, -0.15) is 0 Å². The lowest BCUT2D eigenvalue weighted by Gasteiger charge is -2.24. The average molecular weight is 206 g/mol. The average Bonchev–Trinajstić information content (AvgIpc) is 2.70. The van der Waals surface area contributed by atoms with E-state index in [2.05, 4.69) is 11.1 Å². The van der Waals surface area contributed by atoms with Crippen molar-refractivity contribution in [1.29, 1.82) is 0 Å². The molecule has 82 valence electrons. The number of nitrogens with two attached hydrogens (primary N) is 1. The maximum atomic E-state index is 6.18. The maximum Gasteiger partial charge on any atom is 0.0700 e. The van der Waals surface area contributed by atoms with Gasteiger partial charge >= 0.3 is 0 Å². The molecule has 1 aliphatic rings. The van der Waals surface area contributed by atoms with Crippen LogP contribution < -0.4 is 5.73 Å². The Balaban J connectivity index is 2.20. The second-order valence-electron chi connectivity index (χ2n) is 4.21. The number of aromatic nitrogens is 1. The highest BCUT2D eigenvalue weighted by Crippen LogP contribution is 2.34. The zero-order chi connectivity index (χ0) is 10.8. The van der Waals surface area contributed by atoms with Gasteiger partial charge in [0.15, 0.2) is 0 Å². The summed E-state index contributed by atoms with van der Waals surface area (Å²) in [5.74, 6) is 0.358. The van der Waals surface area contributed by atoms with Crippen molar-refractivity contribution < 1.29 is 4.74 Å². The van der Waals surface area contributed by atoms with Gasteiger partial charge in [0, 0.05) is 31.0 Å². The molecule has 2 rings (SSSR count). The molecule has 0 saturated carbocycles. The minimum atomic E-state index is 0.0474. The summed E-state index contributed by atoms with van der Waals surface area (Å²) in [6, 6.07) is 4.19. The normalized spacial score (nSPS) is 23.5. The topological polar surface area (TPSA) is 48.1 Å². The lowest BCUT2D eigenvalue weighted by Crippen LogP contribution is -2.39. The van der Waals surface area contributed by atoms with Gasteiger partial charge in [-0.05, 0) is 31.4 Å². The first kappa shape index (κ1) is 10.6. The Hall–Kier alpha value is -0.930. The lowest BCUT2D eigenvalue weighted by atomic mass is 9.94. The third-order valence-electron chi connectivity index (χ3n) is 3.38. The maximum absolute atomic E-state index is 6.18. The van der Waals surface area contributed by atoms with Gasteiger partial charge in [-0.25, -0.2) is 0 Å². The summed E-state index contributed by atoms with van der Waals surface area (Å²) in [7, 11) is 1.71. The minimum Gasteiger partial charge on any atom is -0.380 e. The van der Waals surface area contributed by atoms with Gasteiger partial charge in [0.1, 0.15) is 0 Å². The van der Waals surface area contributed by atoms with E-state index in [-0.39, 0.29) is 12.1 Å². The summed E-state index contributed by atoms with van der Waals surface area (Å²) in [4.78, 5) is 4.44. The molecule has 3 heteroatoms. The number of nitrogens with zero attached hydrogens (tertiary/aromatic N) is 1. The second-order valence-corrected chi connectivity index (χ2v) is 4.21. The van der Waals surface area contributed by atoms with Crippen molar-refractivity contribution in [2.45, 2.75) is 37.8 Å². The van der Waals surface area contributed by atoms with Crippen LogP contribution in [0.4, 0.5) is 0 Å². The molecule has 0 aromatic carbocycles. The highest BCUT2D eigenvalue weighted by molar-refractivity contribution is 5.30. The van der Waals surface area contributed by atoms with E-state index in [0.717, 1.165) is 12.8 Å². The zero-order valence-corrected chi connectivity index (χ0v) is 9.31. The fraction of sp³-hybridized carbons (Fsp3) is 0.583. The van der Waals surface area contributed by atoms with E-state index < -0.39 is 0 Å². The van der Waals surface area contributed by atoms with Crippen molar-refractivity contribution in [3.8, 4) is 0 Å². The van der Waals surface area contributed by atoms with Crippen LogP contribution in [-0.2, 0) is 11.2 Å². The van der Waals surface area contributed by atoms with Gasteiger partial charge in [0.05, 0.1) is 6.10 Å². The Labute approximate surface area is 90.7 Å². The largest absolute Gasteiger partial charge is 0.380 e. The SMILES string of the molecule is COC(C)C(N)C1CCc2cccnc21. The van der Waals surface area contributed by atoms with Gasteiger partial charge in [-0.15, -0.1) is 0 Å². The number of hydrogen-bond donors (Lipinski definition) is 1. The molecule has 1 aromatic heterocycles. The van der Waals surface area contributed by atoms with E-state index in [0.29, 0.717) is 5.92 Å². The molecule has 0 radical (unpaired) electrons. The van der Waals surface area contributed by atoms with Crippen molar-refractivity contribution >= 4 is 0 Å². The van der Waals surface area contributed by atoms with Crippen molar-refractivity contribution in [2.24, 2.45) is 5.73 Å². The molecule has 1 heterocycles. The zero-order valence-electron chi connectivity index (χ0n) is 9.31. The van der Waals surface area contributed by atoms with Crippen molar-refractivity contribution in [2.75, 3.05) is 7.11 Å². The van der Waals surface area contributed by atoms with Crippen LogP contribution in [0.5, 0.6) is 0 Å². The Morgan fingerprint density at radius 1 is 1.60 bits per heavy atom. The monoisotopic (exact) mass is 206 g/mol. The van der Waals surface area contributed by atoms with Gasteiger partial charge in [-0.3, -0.25) is 4.98 Å². The van der Waals surface area contributed by atoms with E-state index in [1.54, 1.807) is 7.11 Å². The fourth-order valence-corrected chi connectivity index (χ4v) is 2.30. The molecule has 3 nitrogen and oxygen atoms in total. The van der Waals surface area contributed by atoms with Crippen molar-refractivity contribution in [1.82, 2.24) is 4.98 Å². The van der Waals surface area contributed by atoms with Gasteiger partial charge < -0.3 is 10.5 Å². The lowest BCUT2D eigenvalue weighted by molar-refractivity contribution is 0.0865. The first-order chi connectivity index (χ1) is 7.24. The first-order valence-electron chi connectivity index (χ1n) is 5.46. The third kappa shape index (κ3) is 1.90. The molecule has 0 fully saturated rings. The van der Waals surface area contributed by atoms with E-state index in [1.165, 1.54) is 11.3 Å². The van der Waals surface area contributed by atoms with Crippen LogP contribution in [0.2, 0.25) is 0 Å². The number of ether oxygens (including phenoxy) is 1. The Bertz CT molecular complexity index is 340. The molecule has 0 aliphatic heterocycles. The molecule has 1 aromatic rings. The van der Waals surface area contributed by atoms with E-state index in [4.69, 9.17) is 10.5 Å². The van der Waals surface area contributed by atoms with Crippen LogP contribution in [0, 0.1) is 0 Å². The number of hydrogen-bond acceptors (Lipinski definition) is 3. The Morgan fingerprint density at radius 2 is 2.40 bits per heavy atom. The highest BCUT2D eigenvalue weighted by atomic mass is 16.5. The van der Waals surface area contributed by atoms with E-state index in [9.17, 15) is 0 Å². The summed E-state index contributed by atoms with van der Waals surface area (Å²) < 4.78 is 5.29. The molecular weight excluding hydrogens is 188 g/mol. The smallest absolute Gasteiger partial charge is 0.0700 e. The quantitative estimate of drug-likeness (QED) is 0.814. The predicted octanol–water partition coefficient (Wildman–Crippen LogP) is 1.47. The Kier molecular flexibility index (Phi) is 3.03. The fourth-order valence-electron chi connectivity index (χ4n) is 2.30. The molecule has 0 bridgehead atoms. The molecule has 3 atom stereocenters. The number of rotatable bonds is 3. The van der Waals surface area contributed by atoms with Crippen molar-refractivity contribution in [3.05, 3.63) is 29.6 Å². The van der Waals surface area contributed by atoms with Gasteiger partial charge in [-0.1, -0.05) is 6.07 Å². The van der Waals surface area contributed by atoms with Crippen LogP contribution in [0.3, 0.4) is 0 Å². The summed E-state index contributed by atoms with van der Waals surface area (Å²) >= 11 is 0. The summed E-state index contributed by atoms with van der Waals surface area (Å²) in [6.45, 7) is 2.02. The molecule has 3 unspecified atom stereocenters. The van der Waals surface area contributed by atoms with Crippen LogP contribution in [-0.4, -0.2) is 24.2 Å². The molecule has 1 aliphatic carbocycles. The first-order valence-corrected chi connectivity index (χ1v) is 5.46. The molecule has 0 saturated heterocycles. The standard InChI is InChI=1S/C12H18N2O/c1-8(15-2)11(13)10-6-5-9-4-3-7-14-12(9)10/h3-4,7-8,10-11H,5-6,13H2,1-2H3. The number of methoxy groups -OCH3 is 1. The third-order valence-corrected chi connectivity index (χ3v) is 3.38.